The molecule has 0 spiro atoms. The maximum absolute atomic E-state index is 15.2. The van der Waals surface area contributed by atoms with Gasteiger partial charge in [0.2, 0.25) is 11.8 Å². The fourth-order valence-electron chi connectivity index (χ4n) is 5.59. The highest BCUT2D eigenvalue weighted by atomic mass is 19.4. The van der Waals surface area contributed by atoms with E-state index in [9.17, 15) is 31.5 Å². The van der Waals surface area contributed by atoms with Gasteiger partial charge in [-0.15, -0.1) is 10.2 Å². The lowest BCUT2D eigenvalue weighted by molar-refractivity contribution is -0.143. The van der Waals surface area contributed by atoms with Gasteiger partial charge < -0.3 is 10.6 Å². The van der Waals surface area contributed by atoms with E-state index in [2.05, 4.69) is 31.1 Å². The molecule has 3 heterocycles. The van der Waals surface area contributed by atoms with E-state index in [0.29, 0.717) is 11.1 Å². The van der Waals surface area contributed by atoms with Crippen LogP contribution in [0.15, 0.2) is 24.7 Å². The second-order valence-corrected chi connectivity index (χ2v) is 11.8. The van der Waals surface area contributed by atoms with Gasteiger partial charge in [0.15, 0.2) is 0 Å². The van der Waals surface area contributed by atoms with E-state index in [0.717, 1.165) is 23.7 Å². The molecular formula is C27H33F6N9O2. The third kappa shape index (κ3) is 7.41. The lowest BCUT2D eigenvalue weighted by Gasteiger charge is -2.33. The van der Waals surface area contributed by atoms with Crippen LogP contribution in [0.4, 0.5) is 32.0 Å². The molecule has 0 radical (unpaired) electrons. The third-order valence-corrected chi connectivity index (χ3v) is 8.03. The van der Waals surface area contributed by atoms with Crippen LogP contribution in [0.25, 0.3) is 0 Å². The number of carbonyl (C=O) groups is 2. The number of nitrogens with one attached hydrogen (secondary N) is 2. The number of nitrogens with zero attached hydrogens (tertiary/aromatic N) is 7. The van der Waals surface area contributed by atoms with E-state index in [-0.39, 0.29) is 41.9 Å². The van der Waals surface area contributed by atoms with Crippen molar-refractivity contribution in [3.05, 3.63) is 42.0 Å². The molecule has 0 aliphatic heterocycles. The molecular weight excluding hydrogens is 596 g/mol. The summed E-state index contributed by atoms with van der Waals surface area (Å²) in [5.41, 5.74) is -0.146. The molecule has 0 aromatic carbocycles. The molecule has 240 valence electrons. The zero-order chi connectivity index (χ0) is 31.8. The van der Waals surface area contributed by atoms with Gasteiger partial charge in [-0.2, -0.15) is 22.7 Å². The van der Waals surface area contributed by atoms with Crippen LogP contribution in [-0.2, 0) is 11.3 Å². The lowest BCUT2D eigenvalue weighted by atomic mass is 9.81. The summed E-state index contributed by atoms with van der Waals surface area (Å²) in [7, 11) is 0. The van der Waals surface area contributed by atoms with E-state index in [1.165, 1.54) is 23.1 Å². The number of carbonyl (C=O) groups excluding carboxylic acids is 2. The minimum Gasteiger partial charge on any atom is -0.339 e. The van der Waals surface area contributed by atoms with Crippen molar-refractivity contribution in [3.8, 4) is 0 Å². The predicted molar refractivity (Wildman–Crippen MR) is 143 cm³/mol. The fraction of sp³-hybridized carbons (Fsp3) is 0.630. The average molecular weight is 630 g/mol. The highest BCUT2D eigenvalue weighted by molar-refractivity contribution is 6.00. The summed E-state index contributed by atoms with van der Waals surface area (Å²) in [5, 5.41) is 20.2. The molecule has 44 heavy (non-hydrogen) atoms. The smallest absolute Gasteiger partial charge is 0.339 e. The fourth-order valence-corrected chi connectivity index (χ4v) is 5.59. The molecule has 3 aromatic rings. The Morgan fingerprint density at radius 2 is 1.84 bits per heavy atom. The Labute approximate surface area is 248 Å². The molecule has 3 aromatic heterocycles. The number of rotatable bonds is 11. The van der Waals surface area contributed by atoms with Crippen molar-refractivity contribution in [2.75, 3.05) is 5.32 Å². The van der Waals surface area contributed by atoms with E-state index < -0.39 is 67.2 Å². The van der Waals surface area contributed by atoms with Crippen LogP contribution in [0.1, 0.15) is 87.1 Å². The minimum atomic E-state index is -4.57. The van der Waals surface area contributed by atoms with Crippen LogP contribution >= 0.6 is 0 Å². The summed E-state index contributed by atoms with van der Waals surface area (Å²) in [4.78, 5) is 26.8. The third-order valence-electron chi connectivity index (χ3n) is 8.03. The Balaban J connectivity index is 1.39. The second kappa shape index (κ2) is 12.2. The van der Waals surface area contributed by atoms with Crippen LogP contribution in [0.3, 0.4) is 0 Å². The van der Waals surface area contributed by atoms with Crippen LogP contribution < -0.4 is 10.6 Å². The summed E-state index contributed by atoms with van der Waals surface area (Å²) in [6, 6.07) is -0.872. The van der Waals surface area contributed by atoms with Gasteiger partial charge in [-0.05, 0) is 51.0 Å². The summed E-state index contributed by atoms with van der Waals surface area (Å²) in [5.74, 6) is -5.98. The molecule has 0 saturated heterocycles. The largest absolute Gasteiger partial charge is 0.408 e. The molecule has 2 atom stereocenters. The standard InChI is InChI=1S/C27H33F6N9O2/c1-15(2)42-19(7-10-35-42)24(43)37-22(17-5-8-26(29,30)9-6-17)25(44)36-18-13-40(38-23(18)28)20(11-16-3-4-16)21-12-34-39-41(21)14-27(31,32)33/h7,10,12-13,15-17,20,22H,3-6,8-9,11,14H2,1-2H3,(H,36,44)(H,37,43)/t20?,22-/m0/s1. The SMILES string of the molecule is CC(C)n1nccc1C(=O)N[C@H](C(=O)Nc1cn(C(CC2CC2)c2cnnn2CC(F)(F)F)nc1F)C1CCC(F)(F)CC1. The molecule has 17 heteroatoms. The zero-order valence-electron chi connectivity index (χ0n) is 24.1. The first kappa shape index (κ1) is 31.5. The summed E-state index contributed by atoms with van der Waals surface area (Å²) >= 11 is 0. The van der Waals surface area contributed by atoms with Crippen molar-refractivity contribution in [1.29, 1.82) is 0 Å². The van der Waals surface area contributed by atoms with Crippen LogP contribution in [0, 0.1) is 17.8 Å². The van der Waals surface area contributed by atoms with Gasteiger partial charge in [-0.1, -0.05) is 18.1 Å². The Morgan fingerprint density at radius 1 is 1.14 bits per heavy atom. The van der Waals surface area contributed by atoms with Crippen LogP contribution in [0.2, 0.25) is 0 Å². The second-order valence-electron chi connectivity index (χ2n) is 11.8. The molecule has 1 unspecified atom stereocenters. The first-order valence-electron chi connectivity index (χ1n) is 14.4. The Morgan fingerprint density at radius 3 is 2.48 bits per heavy atom. The summed E-state index contributed by atoms with van der Waals surface area (Å²) in [6.45, 7) is 2.22. The molecule has 2 aliphatic rings. The first-order valence-corrected chi connectivity index (χ1v) is 14.4. The van der Waals surface area contributed by atoms with Crippen molar-refractivity contribution in [1.82, 2.24) is 39.9 Å². The highest BCUT2D eigenvalue weighted by Gasteiger charge is 2.41. The maximum Gasteiger partial charge on any atom is 0.408 e. The van der Waals surface area contributed by atoms with Crippen molar-refractivity contribution in [2.45, 2.75) is 95.6 Å². The van der Waals surface area contributed by atoms with Gasteiger partial charge in [0.05, 0.1) is 24.1 Å². The molecule has 2 saturated carbocycles. The minimum absolute atomic E-state index is 0.0593. The van der Waals surface area contributed by atoms with Crippen LogP contribution in [-0.4, -0.2) is 64.5 Å². The molecule has 2 aliphatic carbocycles. The predicted octanol–water partition coefficient (Wildman–Crippen LogP) is 4.91. The van der Waals surface area contributed by atoms with Gasteiger partial charge in [-0.3, -0.25) is 19.0 Å². The van der Waals surface area contributed by atoms with Crippen molar-refractivity contribution in [3.63, 3.8) is 0 Å². The molecule has 2 amide bonds. The van der Waals surface area contributed by atoms with E-state index in [4.69, 9.17) is 0 Å². The number of hydrogen-bond acceptors (Lipinski definition) is 6. The topological polar surface area (TPSA) is 125 Å². The van der Waals surface area contributed by atoms with Gasteiger partial charge in [0, 0.05) is 25.1 Å². The van der Waals surface area contributed by atoms with Crippen LogP contribution in [0.5, 0.6) is 0 Å². The Kier molecular flexibility index (Phi) is 8.75. The molecule has 11 nitrogen and oxygen atoms in total. The van der Waals surface area contributed by atoms with Crippen molar-refractivity contribution >= 4 is 17.5 Å². The Hall–Kier alpha value is -3.92. The number of anilines is 1. The van der Waals surface area contributed by atoms with Gasteiger partial charge in [0.25, 0.3) is 11.9 Å². The molecule has 0 bridgehead atoms. The number of amides is 2. The lowest BCUT2D eigenvalue weighted by Crippen LogP contribution is -2.50. The molecule has 2 fully saturated rings. The van der Waals surface area contributed by atoms with E-state index in [1.807, 2.05) is 0 Å². The number of aromatic nitrogens is 7. The number of hydrogen-bond donors (Lipinski definition) is 2. The quantitative estimate of drug-likeness (QED) is 0.291. The summed E-state index contributed by atoms with van der Waals surface area (Å²) in [6.07, 6.45) is 0.149. The Bertz CT molecular complexity index is 1470. The van der Waals surface area contributed by atoms with E-state index >= 15 is 4.39 Å². The average Bonchev–Trinajstić information content (AvgIpc) is 3.28. The monoisotopic (exact) mass is 629 g/mol. The maximum atomic E-state index is 15.2. The molecule has 5 rings (SSSR count). The van der Waals surface area contributed by atoms with Crippen molar-refractivity contribution in [2.24, 2.45) is 11.8 Å². The van der Waals surface area contributed by atoms with Crippen molar-refractivity contribution < 1.29 is 35.9 Å². The zero-order valence-corrected chi connectivity index (χ0v) is 24.1. The normalized spacial score (nSPS) is 18.8. The first-order chi connectivity index (χ1) is 20.7. The number of alkyl halides is 5. The number of halogens is 6. The van der Waals surface area contributed by atoms with Gasteiger partial charge in [0.1, 0.15) is 24.0 Å². The van der Waals surface area contributed by atoms with Gasteiger partial charge in [-0.25, -0.2) is 13.5 Å². The highest BCUT2D eigenvalue weighted by Crippen LogP contribution is 2.40. The van der Waals surface area contributed by atoms with E-state index in [1.54, 1.807) is 13.8 Å². The summed E-state index contributed by atoms with van der Waals surface area (Å²) < 4.78 is 85.8. The van der Waals surface area contributed by atoms with Gasteiger partial charge >= 0.3 is 6.18 Å². The molecule has 2 N–H and O–H groups in total.